The highest BCUT2D eigenvalue weighted by Gasteiger charge is 2.24. The Hall–Kier alpha value is -0.0400. The summed E-state index contributed by atoms with van der Waals surface area (Å²) in [5.74, 6) is 0.932. The van der Waals surface area contributed by atoms with Crippen LogP contribution in [0.2, 0.25) is 0 Å². The SMILES string of the molecule is CCCC1CC(C)CN1C. The number of likely N-dealkylation sites (tertiary alicyclic amines) is 1. The molecule has 1 heteroatoms. The molecule has 0 N–H and O–H groups in total. The van der Waals surface area contributed by atoms with Crippen molar-refractivity contribution in [3.63, 3.8) is 0 Å². The maximum atomic E-state index is 2.51. The van der Waals surface area contributed by atoms with Gasteiger partial charge in [-0.1, -0.05) is 20.3 Å². The van der Waals surface area contributed by atoms with Crippen LogP contribution in [0, 0.1) is 5.92 Å². The first-order valence-corrected chi connectivity index (χ1v) is 4.44. The van der Waals surface area contributed by atoms with E-state index in [0.29, 0.717) is 0 Å². The van der Waals surface area contributed by atoms with Crippen molar-refractivity contribution in [2.24, 2.45) is 5.92 Å². The fourth-order valence-electron chi connectivity index (χ4n) is 2.03. The van der Waals surface area contributed by atoms with Crippen LogP contribution in [0.15, 0.2) is 0 Å². The molecule has 1 heterocycles. The Morgan fingerprint density at radius 3 is 2.60 bits per heavy atom. The first-order chi connectivity index (χ1) is 4.74. The molecule has 0 amide bonds. The van der Waals surface area contributed by atoms with Crippen LogP contribution in [-0.2, 0) is 0 Å². The molecule has 0 aromatic heterocycles. The summed E-state index contributed by atoms with van der Waals surface area (Å²) in [6, 6.07) is 0.889. The van der Waals surface area contributed by atoms with Gasteiger partial charge in [-0.25, -0.2) is 0 Å². The highest BCUT2D eigenvalue weighted by molar-refractivity contribution is 4.80. The summed E-state index contributed by atoms with van der Waals surface area (Å²) in [5.41, 5.74) is 0. The smallest absolute Gasteiger partial charge is 0.00952 e. The summed E-state index contributed by atoms with van der Waals surface area (Å²) in [6.07, 6.45) is 4.15. The number of rotatable bonds is 2. The average Bonchev–Trinajstić information content (AvgIpc) is 2.13. The van der Waals surface area contributed by atoms with Crippen molar-refractivity contribution < 1.29 is 0 Å². The van der Waals surface area contributed by atoms with E-state index < -0.39 is 0 Å². The van der Waals surface area contributed by atoms with E-state index in [2.05, 4.69) is 25.8 Å². The molecule has 60 valence electrons. The van der Waals surface area contributed by atoms with E-state index in [-0.39, 0.29) is 0 Å². The summed E-state index contributed by atoms with van der Waals surface area (Å²) < 4.78 is 0. The molecule has 1 saturated heterocycles. The van der Waals surface area contributed by atoms with Crippen molar-refractivity contribution in [2.45, 2.75) is 39.2 Å². The maximum Gasteiger partial charge on any atom is 0.00952 e. The zero-order chi connectivity index (χ0) is 7.56. The molecule has 1 fully saturated rings. The Labute approximate surface area is 64.4 Å². The quantitative estimate of drug-likeness (QED) is 0.569. The highest BCUT2D eigenvalue weighted by Crippen LogP contribution is 2.23. The molecule has 0 bridgehead atoms. The Kier molecular flexibility index (Phi) is 2.72. The van der Waals surface area contributed by atoms with Gasteiger partial charge < -0.3 is 4.90 Å². The first kappa shape index (κ1) is 8.06. The lowest BCUT2D eigenvalue weighted by Gasteiger charge is -2.17. The van der Waals surface area contributed by atoms with E-state index >= 15 is 0 Å². The molecule has 1 rings (SSSR count). The Balaban J connectivity index is 2.31. The van der Waals surface area contributed by atoms with Crippen molar-refractivity contribution in [2.75, 3.05) is 13.6 Å². The van der Waals surface area contributed by atoms with E-state index in [1.54, 1.807) is 0 Å². The van der Waals surface area contributed by atoms with Crippen molar-refractivity contribution in [1.29, 1.82) is 0 Å². The molecular formula is C9H19N. The molecule has 10 heavy (non-hydrogen) atoms. The van der Waals surface area contributed by atoms with Crippen LogP contribution in [0.25, 0.3) is 0 Å². The van der Waals surface area contributed by atoms with Crippen LogP contribution in [-0.4, -0.2) is 24.5 Å². The maximum absolute atomic E-state index is 2.51. The van der Waals surface area contributed by atoms with Gasteiger partial charge in [0, 0.05) is 12.6 Å². The van der Waals surface area contributed by atoms with Crippen molar-refractivity contribution >= 4 is 0 Å². The van der Waals surface area contributed by atoms with Gasteiger partial charge in [-0.05, 0) is 25.8 Å². The monoisotopic (exact) mass is 141 g/mol. The minimum Gasteiger partial charge on any atom is -0.303 e. The zero-order valence-corrected chi connectivity index (χ0v) is 7.43. The van der Waals surface area contributed by atoms with Crippen molar-refractivity contribution in [1.82, 2.24) is 4.90 Å². The van der Waals surface area contributed by atoms with Gasteiger partial charge in [0.2, 0.25) is 0 Å². The van der Waals surface area contributed by atoms with E-state index in [1.807, 2.05) is 0 Å². The van der Waals surface area contributed by atoms with Gasteiger partial charge in [0.25, 0.3) is 0 Å². The second kappa shape index (κ2) is 3.38. The Morgan fingerprint density at radius 2 is 2.20 bits per heavy atom. The van der Waals surface area contributed by atoms with Crippen LogP contribution in [0.5, 0.6) is 0 Å². The first-order valence-electron chi connectivity index (χ1n) is 4.44. The molecule has 0 saturated carbocycles. The summed E-state index contributed by atoms with van der Waals surface area (Å²) in [7, 11) is 2.25. The number of hydrogen-bond donors (Lipinski definition) is 0. The average molecular weight is 141 g/mol. The molecule has 0 aromatic carbocycles. The normalized spacial score (nSPS) is 35.1. The van der Waals surface area contributed by atoms with Gasteiger partial charge in [0.05, 0.1) is 0 Å². The lowest BCUT2D eigenvalue weighted by molar-refractivity contribution is 0.293. The predicted octanol–water partition coefficient (Wildman–Crippen LogP) is 2.13. The molecule has 0 aromatic rings. The standard InChI is InChI=1S/C9H19N/c1-4-5-9-6-8(2)7-10(9)3/h8-9H,4-7H2,1-3H3. The fraction of sp³-hybridized carbons (Fsp3) is 1.00. The number of hydrogen-bond acceptors (Lipinski definition) is 1. The molecule has 0 aliphatic carbocycles. The molecule has 0 radical (unpaired) electrons. The van der Waals surface area contributed by atoms with Gasteiger partial charge in [-0.2, -0.15) is 0 Å². The number of nitrogens with zero attached hydrogens (tertiary/aromatic N) is 1. The molecule has 2 unspecified atom stereocenters. The molecule has 1 aliphatic rings. The minimum absolute atomic E-state index is 0.889. The predicted molar refractivity (Wildman–Crippen MR) is 45.1 cm³/mol. The zero-order valence-electron chi connectivity index (χ0n) is 7.43. The van der Waals surface area contributed by atoms with Crippen LogP contribution < -0.4 is 0 Å². The van der Waals surface area contributed by atoms with Crippen molar-refractivity contribution in [3.8, 4) is 0 Å². The van der Waals surface area contributed by atoms with Gasteiger partial charge in [-0.15, -0.1) is 0 Å². The van der Waals surface area contributed by atoms with Crippen LogP contribution in [0.3, 0.4) is 0 Å². The fourth-order valence-corrected chi connectivity index (χ4v) is 2.03. The second-order valence-corrected chi connectivity index (χ2v) is 3.72. The van der Waals surface area contributed by atoms with E-state index in [4.69, 9.17) is 0 Å². The van der Waals surface area contributed by atoms with Gasteiger partial charge >= 0.3 is 0 Å². The Bertz CT molecular complexity index is 101. The third kappa shape index (κ3) is 1.72. The lowest BCUT2D eigenvalue weighted by atomic mass is 10.0. The van der Waals surface area contributed by atoms with E-state index in [1.165, 1.54) is 25.8 Å². The van der Waals surface area contributed by atoms with Gasteiger partial charge in [0.1, 0.15) is 0 Å². The largest absolute Gasteiger partial charge is 0.303 e. The van der Waals surface area contributed by atoms with Gasteiger partial charge in [-0.3, -0.25) is 0 Å². The summed E-state index contributed by atoms with van der Waals surface area (Å²) in [4.78, 5) is 2.51. The minimum atomic E-state index is 0.889. The highest BCUT2D eigenvalue weighted by atomic mass is 15.1. The third-order valence-electron chi connectivity index (χ3n) is 2.52. The third-order valence-corrected chi connectivity index (χ3v) is 2.52. The summed E-state index contributed by atoms with van der Waals surface area (Å²) in [5, 5.41) is 0. The van der Waals surface area contributed by atoms with Crippen LogP contribution in [0.1, 0.15) is 33.1 Å². The lowest BCUT2D eigenvalue weighted by Crippen LogP contribution is -2.24. The second-order valence-electron chi connectivity index (χ2n) is 3.72. The molecule has 0 spiro atoms. The Morgan fingerprint density at radius 1 is 1.50 bits per heavy atom. The van der Waals surface area contributed by atoms with E-state index in [9.17, 15) is 0 Å². The molecule has 2 atom stereocenters. The molecule has 1 aliphatic heterocycles. The van der Waals surface area contributed by atoms with Crippen LogP contribution in [0.4, 0.5) is 0 Å². The summed E-state index contributed by atoms with van der Waals surface area (Å²) >= 11 is 0. The summed E-state index contributed by atoms with van der Waals surface area (Å²) in [6.45, 7) is 5.94. The van der Waals surface area contributed by atoms with Crippen LogP contribution >= 0.6 is 0 Å². The van der Waals surface area contributed by atoms with E-state index in [0.717, 1.165) is 12.0 Å². The molecule has 1 nitrogen and oxygen atoms in total. The molecular weight excluding hydrogens is 122 g/mol. The topological polar surface area (TPSA) is 3.24 Å². The van der Waals surface area contributed by atoms with Gasteiger partial charge in [0.15, 0.2) is 0 Å². The van der Waals surface area contributed by atoms with Crippen molar-refractivity contribution in [3.05, 3.63) is 0 Å².